The molecule has 1 aliphatic heterocycles. The van der Waals surface area contributed by atoms with Crippen molar-refractivity contribution in [2.24, 2.45) is 0 Å². The Morgan fingerprint density at radius 2 is 1.77 bits per heavy atom. The fourth-order valence-corrected chi connectivity index (χ4v) is 4.44. The van der Waals surface area contributed by atoms with Crippen LogP contribution in [0.1, 0.15) is 25.5 Å². The topological polar surface area (TPSA) is 136 Å². The molecule has 2 heterocycles. The lowest BCUT2D eigenvalue weighted by molar-refractivity contribution is -0.241. The summed E-state index contributed by atoms with van der Waals surface area (Å²) in [4.78, 5) is 13.1. The molecule has 0 aliphatic carbocycles. The van der Waals surface area contributed by atoms with Crippen molar-refractivity contribution in [1.29, 1.82) is 0 Å². The van der Waals surface area contributed by atoms with E-state index in [1.165, 1.54) is 0 Å². The van der Waals surface area contributed by atoms with Crippen molar-refractivity contribution >= 4 is 17.6 Å². The van der Waals surface area contributed by atoms with Crippen molar-refractivity contribution < 1.29 is 47.5 Å². The summed E-state index contributed by atoms with van der Waals surface area (Å²) in [7, 11) is 0. The fraction of sp³-hybridized carbons (Fsp3) is 0.423. The highest BCUT2D eigenvalue weighted by atomic mass is 35.5. The van der Waals surface area contributed by atoms with Gasteiger partial charge in [0.25, 0.3) is 0 Å². The van der Waals surface area contributed by atoms with Crippen LogP contribution in [0.25, 0.3) is 11.3 Å². The number of benzene rings is 2. The molecule has 4 rings (SSSR count). The number of carbonyl (C=O) groups is 1. The van der Waals surface area contributed by atoms with Crippen LogP contribution >= 0.6 is 11.6 Å². The lowest BCUT2D eigenvalue weighted by atomic mass is 9.90. The van der Waals surface area contributed by atoms with Crippen molar-refractivity contribution in [2.75, 3.05) is 6.61 Å². The molecular formula is C26H27ClF3N3O7. The number of nitrogens with zero attached hydrogens (tertiary/aromatic N) is 3. The van der Waals surface area contributed by atoms with Gasteiger partial charge < -0.3 is 29.5 Å². The van der Waals surface area contributed by atoms with Crippen LogP contribution in [0.2, 0.25) is 5.02 Å². The van der Waals surface area contributed by atoms with E-state index in [-0.39, 0.29) is 17.9 Å². The molecular weight excluding hydrogens is 559 g/mol. The number of aliphatic hydroxyl groups excluding tert-OH is 3. The summed E-state index contributed by atoms with van der Waals surface area (Å²) in [6.45, 7) is 2.43. The Balaban J connectivity index is 1.65. The highest BCUT2D eigenvalue weighted by molar-refractivity contribution is 6.30. The highest BCUT2D eigenvalue weighted by Crippen LogP contribution is 2.34. The van der Waals surface area contributed by atoms with Crippen LogP contribution in [0.3, 0.4) is 0 Å². The van der Waals surface area contributed by atoms with Crippen molar-refractivity contribution in [2.45, 2.75) is 63.1 Å². The molecule has 3 N–H and O–H groups in total. The Hall–Kier alpha value is -3.07. The van der Waals surface area contributed by atoms with Crippen LogP contribution < -0.4 is 0 Å². The zero-order chi connectivity index (χ0) is 29.1. The van der Waals surface area contributed by atoms with E-state index in [1.807, 2.05) is 0 Å². The molecule has 1 saturated heterocycles. The predicted molar refractivity (Wildman–Crippen MR) is 133 cm³/mol. The van der Waals surface area contributed by atoms with Gasteiger partial charge in [0.15, 0.2) is 23.6 Å². The van der Waals surface area contributed by atoms with Crippen molar-refractivity contribution in [3.63, 3.8) is 0 Å². The average molecular weight is 586 g/mol. The third-order valence-corrected chi connectivity index (χ3v) is 6.50. The van der Waals surface area contributed by atoms with Crippen LogP contribution in [0, 0.1) is 17.5 Å². The summed E-state index contributed by atoms with van der Waals surface area (Å²) < 4.78 is 58.8. The Bertz CT molecular complexity index is 1300. The summed E-state index contributed by atoms with van der Waals surface area (Å²) >= 11 is 5.92. The van der Waals surface area contributed by atoms with Crippen LogP contribution in [0.15, 0.2) is 42.6 Å². The number of rotatable bonds is 9. The molecule has 2 unspecified atom stereocenters. The fourth-order valence-electron chi connectivity index (χ4n) is 4.31. The van der Waals surface area contributed by atoms with Gasteiger partial charge >= 0.3 is 5.97 Å². The summed E-state index contributed by atoms with van der Waals surface area (Å²) in [5.41, 5.74) is 0.390. The molecule has 0 amide bonds. The van der Waals surface area contributed by atoms with Gasteiger partial charge in [-0.25, -0.2) is 22.6 Å². The SMILES string of the molecule is CC(C)OC(=O)[C@@H](OCc1ccc(Cl)cc1)[C@@H]1OC(CO)[C@H](O)[C@H](n2cc(-c3cc(F)c(F)c(F)c3)nn2)C1O. The Morgan fingerprint density at radius 1 is 1.12 bits per heavy atom. The first-order valence-electron chi connectivity index (χ1n) is 12.3. The van der Waals surface area contributed by atoms with Gasteiger partial charge in [0.1, 0.15) is 36.2 Å². The number of aromatic nitrogens is 3. The van der Waals surface area contributed by atoms with Gasteiger partial charge in [0.05, 0.1) is 25.5 Å². The Kier molecular flexibility index (Phi) is 9.44. The number of halogens is 4. The molecule has 0 spiro atoms. The van der Waals surface area contributed by atoms with Crippen molar-refractivity contribution in [3.8, 4) is 11.3 Å². The first-order chi connectivity index (χ1) is 19.0. The van der Waals surface area contributed by atoms with Crippen LogP contribution in [0.4, 0.5) is 13.2 Å². The van der Waals surface area contributed by atoms with Gasteiger partial charge in [-0.15, -0.1) is 5.10 Å². The van der Waals surface area contributed by atoms with E-state index in [0.717, 1.165) is 10.9 Å². The predicted octanol–water partition coefficient (Wildman–Crippen LogP) is 2.58. The number of hydrogen-bond donors (Lipinski definition) is 3. The third kappa shape index (κ3) is 6.45. The molecule has 10 nitrogen and oxygen atoms in total. The second-order valence-corrected chi connectivity index (χ2v) is 9.91. The standard InChI is InChI=1S/C26H27ClF3N3O7/c1-12(2)39-26(37)25(38-11-13-3-5-15(27)6-4-13)24-23(36)21(22(35)19(10-34)40-24)33-9-18(31-32-33)14-7-16(28)20(30)17(29)8-14/h3-9,12,19,21-25,34-36H,10-11H2,1-2H3/t19?,21-,22-,23?,24+,25-/m0/s1. The number of ether oxygens (including phenoxy) is 3. The maximum absolute atomic E-state index is 13.8. The monoisotopic (exact) mass is 585 g/mol. The normalized spacial score (nSPS) is 23.8. The maximum Gasteiger partial charge on any atom is 0.338 e. The summed E-state index contributed by atoms with van der Waals surface area (Å²) in [6.07, 6.45) is -6.90. The highest BCUT2D eigenvalue weighted by Gasteiger charge is 2.51. The van der Waals surface area contributed by atoms with E-state index in [1.54, 1.807) is 38.1 Å². The summed E-state index contributed by atoms with van der Waals surface area (Å²) in [5.74, 6) is -5.41. The van der Waals surface area contributed by atoms with E-state index in [9.17, 15) is 33.3 Å². The summed E-state index contributed by atoms with van der Waals surface area (Å²) in [5, 5.41) is 40.3. The van der Waals surface area contributed by atoms with E-state index in [4.69, 9.17) is 25.8 Å². The quantitative estimate of drug-likeness (QED) is 0.256. The Labute approximate surface area is 231 Å². The largest absolute Gasteiger partial charge is 0.461 e. The van der Waals surface area contributed by atoms with Gasteiger partial charge in [-0.3, -0.25) is 0 Å². The number of esters is 1. The van der Waals surface area contributed by atoms with Gasteiger partial charge in [-0.05, 0) is 43.7 Å². The molecule has 1 aromatic heterocycles. The van der Waals surface area contributed by atoms with E-state index in [0.29, 0.717) is 22.7 Å². The van der Waals surface area contributed by atoms with Gasteiger partial charge in [-0.1, -0.05) is 28.9 Å². The molecule has 40 heavy (non-hydrogen) atoms. The molecule has 2 aromatic carbocycles. The molecule has 0 radical (unpaired) electrons. The van der Waals surface area contributed by atoms with Gasteiger partial charge in [0.2, 0.25) is 0 Å². The zero-order valence-corrected chi connectivity index (χ0v) is 22.1. The maximum atomic E-state index is 13.8. The number of hydrogen-bond acceptors (Lipinski definition) is 9. The van der Waals surface area contributed by atoms with E-state index >= 15 is 0 Å². The Morgan fingerprint density at radius 3 is 2.38 bits per heavy atom. The molecule has 3 aromatic rings. The molecule has 0 bridgehead atoms. The van der Waals surface area contributed by atoms with E-state index in [2.05, 4.69) is 10.3 Å². The van der Waals surface area contributed by atoms with E-state index < -0.39 is 72.7 Å². The number of carbonyl (C=O) groups excluding carboxylic acids is 1. The van der Waals surface area contributed by atoms with Crippen molar-refractivity contribution in [3.05, 3.63) is 70.6 Å². The molecule has 1 fully saturated rings. The van der Waals surface area contributed by atoms with Crippen molar-refractivity contribution in [1.82, 2.24) is 15.0 Å². The first-order valence-corrected chi connectivity index (χ1v) is 12.6. The minimum absolute atomic E-state index is 0.101. The molecule has 216 valence electrons. The minimum Gasteiger partial charge on any atom is -0.461 e. The average Bonchev–Trinajstić information content (AvgIpc) is 3.38. The minimum atomic E-state index is -1.68. The van der Waals surface area contributed by atoms with Gasteiger partial charge in [-0.2, -0.15) is 0 Å². The molecule has 0 saturated carbocycles. The third-order valence-electron chi connectivity index (χ3n) is 6.25. The number of aliphatic hydroxyl groups is 3. The second kappa shape index (κ2) is 12.6. The smallest absolute Gasteiger partial charge is 0.338 e. The van der Waals surface area contributed by atoms with Crippen LogP contribution in [-0.2, 0) is 25.6 Å². The summed E-state index contributed by atoms with van der Waals surface area (Å²) in [6, 6.07) is 6.67. The first kappa shape index (κ1) is 29.9. The van der Waals surface area contributed by atoms with Crippen LogP contribution in [0.5, 0.6) is 0 Å². The molecule has 14 heteroatoms. The van der Waals surface area contributed by atoms with Gasteiger partial charge in [0, 0.05) is 10.6 Å². The molecule has 6 atom stereocenters. The lowest BCUT2D eigenvalue weighted by Gasteiger charge is -2.44. The lowest BCUT2D eigenvalue weighted by Crippen LogP contribution is -2.61. The van der Waals surface area contributed by atoms with Crippen LogP contribution in [-0.4, -0.2) is 79.5 Å². The second-order valence-electron chi connectivity index (χ2n) is 9.47. The molecule has 1 aliphatic rings. The zero-order valence-electron chi connectivity index (χ0n) is 21.3.